The van der Waals surface area contributed by atoms with Crippen molar-refractivity contribution in [1.29, 1.82) is 0 Å². The molecule has 0 atom stereocenters. The van der Waals surface area contributed by atoms with Crippen molar-refractivity contribution in [1.82, 2.24) is 0 Å². The standard InChI is InChI=1S/C17H17NO/c1-12-4-2-7-15(10-12)17(19)18-16-9-8-13-5-3-6-14(13)11-16/h2,4,7-11H,3,5-6H2,1H3,(H,18,19). The van der Waals surface area contributed by atoms with Crippen LogP contribution in [0, 0.1) is 6.92 Å². The number of anilines is 1. The SMILES string of the molecule is Cc1cccc(C(=O)Nc2ccc3c(c2)CCC3)c1. The highest BCUT2D eigenvalue weighted by molar-refractivity contribution is 6.04. The van der Waals surface area contributed by atoms with Crippen molar-refractivity contribution in [3.63, 3.8) is 0 Å². The number of carbonyl (C=O) groups is 1. The molecule has 1 amide bonds. The highest BCUT2D eigenvalue weighted by atomic mass is 16.1. The Hall–Kier alpha value is -2.09. The number of amides is 1. The van der Waals surface area contributed by atoms with E-state index in [0.29, 0.717) is 5.56 Å². The maximum Gasteiger partial charge on any atom is 0.255 e. The van der Waals surface area contributed by atoms with E-state index in [1.54, 1.807) is 0 Å². The number of hydrogen-bond acceptors (Lipinski definition) is 1. The van der Waals surface area contributed by atoms with Gasteiger partial charge in [0.1, 0.15) is 0 Å². The largest absolute Gasteiger partial charge is 0.322 e. The topological polar surface area (TPSA) is 29.1 Å². The predicted molar refractivity (Wildman–Crippen MR) is 77.6 cm³/mol. The molecular formula is C17H17NO. The lowest BCUT2D eigenvalue weighted by atomic mass is 10.1. The molecule has 3 rings (SSSR count). The molecule has 0 unspecified atom stereocenters. The molecule has 0 saturated heterocycles. The van der Waals surface area contributed by atoms with E-state index in [2.05, 4.69) is 17.4 Å². The summed E-state index contributed by atoms with van der Waals surface area (Å²) in [6.45, 7) is 1.99. The van der Waals surface area contributed by atoms with Gasteiger partial charge in [-0.1, -0.05) is 23.8 Å². The van der Waals surface area contributed by atoms with Gasteiger partial charge in [0.15, 0.2) is 0 Å². The van der Waals surface area contributed by atoms with Gasteiger partial charge in [-0.3, -0.25) is 4.79 Å². The maximum atomic E-state index is 12.2. The minimum Gasteiger partial charge on any atom is -0.322 e. The lowest BCUT2D eigenvalue weighted by Crippen LogP contribution is -2.12. The molecule has 0 aliphatic heterocycles. The summed E-state index contributed by atoms with van der Waals surface area (Å²) in [5, 5.41) is 2.98. The predicted octanol–water partition coefficient (Wildman–Crippen LogP) is 3.74. The molecule has 1 aliphatic rings. The van der Waals surface area contributed by atoms with Crippen LogP contribution in [-0.2, 0) is 12.8 Å². The van der Waals surface area contributed by atoms with Crippen molar-refractivity contribution in [2.75, 3.05) is 5.32 Å². The van der Waals surface area contributed by atoms with Crippen LogP contribution in [0.1, 0.15) is 33.5 Å². The van der Waals surface area contributed by atoms with E-state index in [4.69, 9.17) is 0 Å². The third kappa shape index (κ3) is 2.53. The normalized spacial score (nSPS) is 13.1. The first-order valence-corrected chi connectivity index (χ1v) is 6.72. The maximum absolute atomic E-state index is 12.2. The molecule has 0 aromatic heterocycles. The fraction of sp³-hybridized carbons (Fsp3) is 0.235. The van der Waals surface area contributed by atoms with Crippen molar-refractivity contribution in [2.45, 2.75) is 26.2 Å². The van der Waals surface area contributed by atoms with Gasteiger partial charge in [-0.15, -0.1) is 0 Å². The number of carbonyl (C=O) groups excluding carboxylic acids is 1. The average Bonchev–Trinajstić information content (AvgIpc) is 2.86. The van der Waals surface area contributed by atoms with Crippen LogP contribution >= 0.6 is 0 Å². The molecule has 0 heterocycles. The lowest BCUT2D eigenvalue weighted by molar-refractivity contribution is 0.102. The van der Waals surface area contributed by atoms with Crippen LogP contribution in [0.3, 0.4) is 0 Å². The molecule has 0 saturated carbocycles. The number of aryl methyl sites for hydroxylation is 3. The second kappa shape index (κ2) is 4.88. The van der Waals surface area contributed by atoms with E-state index in [1.807, 2.05) is 37.3 Å². The van der Waals surface area contributed by atoms with Gasteiger partial charge >= 0.3 is 0 Å². The number of fused-ring (bicyclic) bond motifs is 1. The van der Waals surface area contributed by atoms with Crippen LogP contribution in [0.25, 0.3) is 0 Å². The summed E-state index contributed by atoms with van der Waals surface area (Å²) < 4.78 is 0. The van der Waals surface area contributed by atoms with E-state index < -0.39 is 0 Å². The van der Waals surface area contributed by atoms with Crippen molar-refractivity contribution in [2.24, 2.45) is 0 Å². The quantitative estimate of drug-likeness (QED) is 0.865. The van der Waals surface area contributed by atoms with Crippen molar-refractivity contribution in [3.05, 3.63) is 64.7 Å². The zero-order valence-corrected chi connectivity index (χ0v) is 11.1. The second-order valence-corrected chi connectivity index (χ2v) is 5.16. The third-order valence-corrected chi connectivity index (χ3v) is 3.64. The van der Waals surface area contributed by atoms with Crippen LogP contribution in [0.2, 0.25) is 0 Å². The molecule has 1 N–H and O–H groups in total. The molecular weight excluding hydrogens is 234 g/mol. The van der Waals surface area contributed by atoms with E-state index in [9.17, 15) is 4.79 Å². The molecule has 0 fully saturated rings. The molecule has 0 spiro atoms. The fourth-order valence-electron chi connectivity index (χ4n) is 2.64. The minimum absolute atomic E-state index is 0.0401. The highest BCUT2D eigenvalue weighted by Crippen LogP contribution is 2.25. The van der Waals surface area contributed by atoms with Gasteiger partial charge in [0, 0.05) is 11.3 Å². The Kier molecular flexibility index (Phi) is 3.08. The van der Waals surface area contributed by atoms with Crippen LogP contribution in [0.4, 0.5) is 5.69 Å². The molecule has 2 aromatic carbocycles. The summed E-state index contributed by atoms with van der Waals surface area (Å²) in [7, 11) is 0. The number of benzene rings is 2. The summed E-state index contributed by atoms with van der Waals surface area (Å²) in [5.41, 5.74) is 5.50. The van der Waals surface area contributed by atoms with Gasteiger partial charge in [0.25, 0.3) is 5.91 Å². The zero-order valence-electron chi connectivity index (χ0n) is 11.1. The van der Waals surface area contributed by atoms with Crippen molar-refractivity contribution < 1.29 is 4.79 Å². The molecule has 0 bridgehead atoms. The lowest BCUT2D eigenvalue weighted by Gasteiger charge is -2.08. The van der Waals surface area contributed by atoms with E-state index in [-0.39, 0.29) is 5.91 Å². The van der Waals surface area contributed by atoms with Crippen LogP contribution < -0.4 is 5.32 Å². The van der Waals surface area contributed by atoms with Gasteiger partial charge < -0.3 is 5.32 Å². The Morgan fingerprint density at radius 3 is 2.74 bits per heavy atom. The summed E-state index contributed by atoms with van der Waals surface area (Å²) in [4.78, 5) is 12.2. The molecule has 2 nitrogen and oxygen atoms in total. The first-order chi connectivity index (χ1) is 9.22. The van der Waals surface area contributed by atoms with Gasteiger partial charge in [-0.2, -0.15) is 0 Å². The van der Waals surface area contributed by atoms with Crippen LogP contribution in [0.15, 0.2) is 42.5 Å². The number of hydrogen-bond donors (Lipinski definition) is 1. The second-order valence-electron chi connectivity index (χ2n) is 5.16. The molecule has 96 valence electrons. The van der Waals surface area contributed by atoms with Gasteiger partial charge in [-0.05, 0) is 61.6 Å². The molecule has 19 heavy (non-hydrogen) atoms. The average molecular weight is 251 g/mol. The Morgan fingerprint density at radius 1 is 1.05 bits per heavy atom. The van der Waals surface area contributed by atoms with E-state index >= 15 is 0 Å². The Bertz CT molecular complexity index is 631. The third-order valence-electron chi connectivity index (χ3n) is 3.64. The number of rotatable bonds is 2. The monoisotopic (exact) mass is 251 g/mol. The summed E-state index contributed by atoms with van der Waals surface area (Å²) in [6.07, 6.45) is 3.52. The van der Waals surface area contributed by atoms with Gasteiger partial charge in [-0.25, -0.2) is 0 Å². The molecule has 0 radical (unpaired) electrons. The van der Waals surface area contributed by atoms with Crippen LogP contribution in [-0.4, -0.2) is 5.91 Å². The van der Waals surface area contributed by atoms with E-state index in [0.717, 1.165) is 17.7 Å². The highest BCUT2D eigenvalue weighted by Gasteiger charge is 2.12. The summed E-state index contributed by atoms with van der Waals surface area (Å²) in [6, 6.07) is 13.9. The Labute approximate surface area is 113 Å². The first-order valence-electron chi connectivity index (χ1n) is 6.72. The Balaban J connectivity index is 1.80. The summed E-state index contributed by atoms with van der Waals surface area (Å²) in [5.74, 6) is -0.0401. The van der Waals surface area contributed by atoms with Gasteiger partial charge in [0.2, 0.25) is 0 Å². The minimum atomic E-state index is -0.0401. The smallest absolute Gasteiger partial charge is 0.255 e. The molecule has 2 aromatic rings. The molecule has 1 aliphatic carbocycles. The first kappa shape index (κ1) is 12.0. The van der Waals surface area contributed by atoms with E-state index in [1.165, 1.54) is 24.0 Å². The Morgan fingerprint density at radius 2 is 1.89 bits per heavy atom. The van der Waals surface area contributed by atoms with Crippen molar-refractivity contribution >= 4 is 11.6 Å². The van der Waals surface area contributed by atoms with Crippen molar-refractivity contribution in [3.8, 4) is 0 Å². The molecule has 2 heteroatoms. The van der Waals surface area contributed by atoms with Crippen LogP contribution in [0.5, 0.6) is 0 Å². The van der Waals surface area contributed by atoms with Gasteiger partial charge in [0.05, 0.1) is 0 Å². The summed E-state index contributed by atoms with van der Waals surface area (Å²) >= 11 is 0. The zero-order chi connectivity index (χ0) is 13.2. The fourth-order valence-corrected chi connectivity index (χ4v) is 2.64. The number of nitrogens with one attached hydrogen (secondary N) is 1.